The zero-order valence-electron chi connectivity index (χ0n) is 14.8. The summed E-state index contributed by atoms with van der Waals surface area (Å²) in [5, 5.41) is 3.33. The number of nitrogens with zero attached hydrogens (tertiary/aromatic N) is 2. The van der Waals surface area contributed by atoms with Gasteiger partial charge in [0, 0.05) is 19.3 Å². The van der Waals surface area contributed by atoms with Gasteiger partial charge in [0.15, 0.2) is 0 Å². The first-order valence-corrected chi connectivity index (χ1v) is 9.16. The van der Waals surface area contributed by atoms with Crippen LogP contribution in [-0.2, 0) is 0 Å². The Labute approximate surface area is 149 Å². The molecule has 6 heteroatoms. The summed E-state index contributed by atoms with van der Waals surface area (Å²) in [7, 11) is 0. The molecule has 2 heterocycles. The number of rotatable bonds is 7. The average Bonchev–Trinajstić information content (AvgIpc) is 2.55. The number of piperidine rings is 1. The summed E-state index contributed by atoms with van der Waals surface area (Å²) in [5.41, 5.74) is 0.460. The first-order chi connectivity index (χ1) is 11.5. The van der Waals surface area contributed by atoms with Crippen molar-refractivity contribution in [1.29, 1.82) is 0 Å². The highest BCUT2D eigenvalue weighted by Crippen LogP contribution is 2.23. The van der Waals surface area contributed by atoms with Gasteiger partial charge in [0.2, 0.25) is 5.88 Å². The van der Waals surface area contributed by atoms with Crippen LogP contribution in [0.5, 0.6) is 5.88 Å². The van der Waals surface area contributed by atoms with Crippen molar-refractivity contribution in [2.24, 2.45) is 5.92 Å². The van der Waals surface area contributed by atoms with Crippen LogP contribution in [0.3, 0.4) is 0 Å². The molecule has 134 valence electrons. The zero-order chi connectivity index (χ0) is 17.5. The first kappa shape index (κ1) is 19.0. The fraction of sp³-hybridized carbons (Fsp3) is 0.667. The molecule has 1 aliphatic rings. The summed E-state index contributed by atoms with van der Waals surface area (Å²) in [4.78, 5) is 18.9. The summed E-state index contributed by atoms with van der Waals surface area (Å²) in [6.45, 7) is 10.0. The van der Waals surface area contributed by atoms with Gasteiger partial charge in [-0.25, -0.2) is 4.98 Å². The Balaban J connectivity index is 1.82. The number of aromatic nitrogens is 1. The number of hydrogen-bond donors (Lipinski definition) is 1. The molecule has 1 unspecified atom stereocenters. The summed E-state index contributed by atoms with van der Waals surface area (Å²) >= 11 is 6.13. The minimum Gasteiger partial charge on any atom is -0.474 e. The molecule has 1 N–H and O–H groups in total. The van der Waals surface area contributed by atoms with E-state index in [1.807, 2.05) is 13.8 Å². The quantitative estimate of drug-likeness (QED) is 0.816. The lowest BCUT2D eigenvalue weighted by atomic mass is 10.1. The second-order valence-corrected chi connectivity index (χ2v) is 7.26. The van der Waals surface area contributed by atoms with Crippen LogP contribution in [0.25, 0.3) is 0 Å². The van der Waals surface area contributed by atoms with Crippen LogP contribution >= 0.6 is 11.6 Å². The second kappa shape index (κ2) is 9.23. The van der Waals surface area contributed by atoms with Crippen molar-refractivity contribution in [2.45, 2.75) is 46.1 Å². The molecule has 0 spiro atoms. The third-order valence-corrected chi connectivity index (χ3v) is 4.32. The molecule has 0 bridgehead atoms. The molecular formula is C18H28ClN3O2. The predicted octanol–water partition coefficient (Wildman–Crippen LogP) is 3.37. The molecule has 5 nitrogen and oxygen atoms in total. The molecule has 0 aliphatic carbocycles. The normalized spacial score (nSPS) is 16.9. The van der Waals surface area contributed by atoms with Crippen molar-refractivity contribution in [1.82, 2.24) is 15.2 Å². The van der Waals surface area contributed by atoms with E-state index in [2.05, 4.69) is 22.1 Å². The van der Waals surface area contributed by atoms with Crippen molar-refractivity contribution in [3.8, 4) is 5.88 Å². The minimum absolute atomic E-state index is 0.00897. The van der Waals surface area contributed by atoms with Gasteiger partial charge in [-0.1, -0.05) is 24.9 Å². The van der Waals surface area contributed by atoms with Gasteiger partial charge in [-0.3, -0.25) is 4.79 Å². The fourth-order valence-corrected chi connectivity index (χ4v) is 3.09. The zero-order valence-corrected chi connectivity index (χ0v) is 15.6. The molecule has 1 atom stereocenters. The van der Waals surface area contributed by atoms with Crippen LogP contribution in [0, 0.1) is 5.92 Å². The van der Waals surface area contributed by atoms with Gasteiger partial charge in [0.1, 0.15) is 5.02 Å². The van der Waals surface area contributed by atoms with Crippen LogP contribution < -0.4 is 10.1 Å². The van der Waals surface area contributed by atoms with E-state index in [9.17, 15) is 4.79 Å². The van der Waals surface area contributed by atoms with Crippen LogP contribution in [0.4, 0.5) is 0 Å². The van der Waals surface area contributed by atoms with Crippen molar-refractivity contribution in [2.75, 3.05) is 26.2 Å². The lowest BCUT2D eigenvalue weighted by Gasteiger charge is -2.29. The Kier molecular flexibility index (Phi) is 7.31. The Morgan fingerprint density at radius 1 is 1.33 bits per heavy atom. The van der Waals surface area contributed by atoms with Crippen molar-refractivity contribution in [3.63, 3.8) is 0 Å². The number of carbonyl (C=O) groups is 1. The number of halogens is 1. The number of pyridine rings is 1. The van der Waals surface area contributed by atoms with Gasteiger partial charge in [-0.05, 0) is 51.8 Å². The lowest BCUT2D eigenvalue weighted by molar-refractivity contribution is 0.0942. The third kappa shape index (κ3) is 5.95. The van der Waals surface area contributed by atoms with Crippen molar-refractivity contribution in [3.05, 3.63) is 22.8 Å². The molecule has 1 saturated heterocycles. The highest BCUT2D eigenvalue weighted by Gasteiger charge is 2.15. The van der Waals surface area contributed by atoms with Gasteiger partial charge in [0.05, 0.1) is 11.7 Å². The topological polar surface area (TPSA) is 54.5 Å². The highest BCUT2D eigenvalue weighted by molar-refractivity contribution is 6.32. The molecule has 1 aromatic heterocycles. The number of amides is 1. The molecule has 2 rings (SSSR count). The molecule has 0 aromatic carbocycles. The predicted molar refractivity (Wildman–Crippen MR) is 96.8 cm³/mol. The Bertz CT molecular complexity index is 545. The molecule has 1 aliphatic heterocycles. The summed E-state index contributed by atoms with van der Waals surface area (Å²) in [5.74, 6) is 0.631. The van der Waals surface area contributed by atoms with Crippen LogP contribution in [0.1, 0.15) is 50.4 Å². The SMILES string of the molecule is CC(CNC(=O)c1cnc(OC(C)C)c(Cl)c1)CN1CCCCC1. The van der Waals surface area contributed by atoms with E-state index in [-0.39, 0.29) is 12.0 Å². The third-order valence-electron chi connectivity index (χ3n) is 4.05. The maximum absolute atomic E-state index is 12.3. The van der Waals surface area contributed by atoms with Gasteiger partial charge < -0.3 is 15.0 Å². The molecular weight excluding hydrogens is 326 g/mol. The van der Waals surface area contributed by atoms with E-state index in [1.165, 1.54) is 38.5 Å². The number of hydrogen-bond acceptors (Lipinski definition) is 4. The van der Waals surface area contributed by atoms with E-state index < -0.39 is 0 Å². The average molecular weight is 354 g/mol. The highest BCUT2D eigenvalue weighted by atomic mass is 35.5. The van der Waals surface area contributed by atoms with E-state index >= 15 is 0 Å². The fourth-order valence-electron chi connectivity index (χ4n) is 2.88. The number of nitrogens with one attached hydrogen (secondary N) is 1. The van der Waals surface area contributed by atoms with Crippen molar-refractivity contribution < 1.29 is 9.53 Å². The van der Waals surface area contributed by atoms with E-state index in [1.54, 1.807) is 6.07 Å². The van der Waals surface area contributed by atoms with Crippen LogP contribution in [0.15, 0.2) is 12.3 Å². The number of ether oxygens (including phenoxy) is 1. The molecule has 24 heavy (non-hydrogen) atoms. The second-order valence-electron chi connectivity index (χ2n) is 6.85. The Hall–Kier alpha value is -1.33. The molecule has 0 saturated carbocycles. The Morgan fingerprint density at radius 3 is 2.67 bits per heavy atom. The maximum Gasteiger partial charge on any atom is 0.252 e. The van der Waals surface area contributed by atoms with E-state index in [4.69, 9.17) is 16.3 Å². The van der Waals surface area contributed by atoms with Gasteiger partial charge in [0.25, 0.3) is 5.91 Å². The lowest BCUT2D eigenvalue weighted by Crippen LogP contribution is -2.38. The maximum atomic E-state index is 12.3. The summed E-state index contributed by atoms with van der Waals surface area (Å²) in [6, 6.07) is 1.61. The first-order valence-electron chi connectivity index (χ1n) is 8.78. The van der Waals surface area contributed by atoms with Crippen LogP contribution in [0.2, 0.25) is 5.02 Å². The molecule has 0 radical (unpaired) electrons. The Morgan fingerprint density at radius 2 is 2.04 bits per heavy atom. The monoisotopic (exact) mass is 353 g/mol. The summed E-state index contributed by atoms with van der Waals surface area (Å²) in [6.07, 6.45) is 5.41. The van der Waals surface area contributed by atoms with E-state index in [0.717, 1.165) is 6.54 Å². The largest absolute Gasteiger partial charge is 0.474 e. The number of likely N-dealkylation sites (tertiary alicyclic amines) is 1. The van der Waals surface area contributed by atoms with Gasteiger partial charge in [-0.2, -0.15) is 0 Å². The molecule has 1 fully saturated rings. The smallest absolute Gasteiger partial charge is 0.252 e. The number of carbonyl (C=O) groups excluding carboxylic acids is 1. The van der Waals surface area contributed by atoms with Gasteiger partial charge >= 0.3 is 0 Å². The van der Waals surface area contributed by atoms with E-state index in [0.29, 0.717) is 28.9 Å². The van der Waals surface area contributed by atoms with Gasteiger partial charge in [-0.15, -0.1) is 0 Å². The minimum atomic E-state index is -0.147. The standard InChI is InChI=1S/C18H28ClN3O2/c1-13(2)24-18-16(19)9-15(11-21-18)17(23)20-10-14(3)12-22-7-5-4-6-8-22/h9,11,13-14H,4-8,10,12H2,1-3H3,(H,20,23). The van der Waals surface area contributed by atoms with Crippen molar-refractivity contribution >= 4 is 17.5 Å². The molecule has 1 aromatic rings. The summed E-state index contributed by atoms with van der Waals surface area (Å²) < 4.78 is 5.48. The molecule has 1 amide bonds. The van der Waals surface area contributed by atoms with Crippen LogP contribution in [-0.4, -0.2) is 48.1 Å².